The van der Waals surface area contributed by atoms with E-state index in [-0.39, 0.29) is 37.5 Å². The number of carbonyl (C=O) groups is 2. The molecule has 148 valence electrons. The van der Waals surface area contributed by atoms with Gasteiger partial charge in [0.1, 0.15) is 18.2 Å². The van der Waals surface area contributed by atoms with Gasteiger partial charge in [-0.25, -0.2) is 9.18 Å². The van der Waals surface area contributed by atoms with Crippen LogP contribution in [0.4, 0.5) is 9.18 Å². The molecule has 1 unspecified atom stereocenters. The van der Waals surface area contributed by atoms with E-state index in [1.54, 1.807) is 18.2 Å². The lowest BCUT2D eigenvalue weighted by molar-refractivity contribution is -0.0264. The minimum Gasteiger partial charge on any atom is -0.508 e. The van der Waals surface area contributed by atoms with Crippen molar-refractivity contribution in [2.75, 3.05) is 26.2 Å². The van der Waals surface area contributed by atoms with Gasteiger partial charge in [-0.3, -0.25) is 4.79 Å². The fourth-order valence-electron chi connectivity index (χ4n) is 2.78. The zero-order valence-corrected chi connectivity index (χ0v) is 15.1. The van der Waals surface area contributed by atoms with Gasteiger partial charge in [-0.1, -0.05) is 18.2 Å². The molecule has 0 spiro atoms. The summed E-state index contributed by atoms with van der Waals surface area (Å²) in [6, 6.07) is 12.0. The number of nitrogens with one attached hydrogen (secondary N) is 1. The van der Waals surface area contributed by atoms with Crippen LogP contribution in [0.25, 0.3) is 0 Å². The number of halogens is 1. The molecule has 1 fully saturated rings. The zero-order chi connectivity index (χ0) is 19.9. The number of hydrogen-bond acceptors (Lipinski definition) is 5. The molecule has 1 atom stereocenters. The van der Waals surface area contributed by atoms with E-state index in [1.165, 1.54) is 35.2 Å². The summed E-state index contributed by atoms with van der Waals surface area (Å²) in [4.78, 5) is 25.8. The van der Waals surface area contributed by atoms with E-state index < -0.39 is 11.9 Å². The maximum absolute atomic E-state index is 13.6. The van der Waals surface area contributed by atoms with Gasteiger partial charge in [-0.15, -0.1) is 0 Å². The van der Waals surface area contributed by atoms with Crippen LogP contribution in [-0.2, 0) is 16.1 Å². The van der Waals surface area contributed by atoms with Crippen molar-refractivity contribution in [1.82, 2.24) is 10.2 Å². The number of amides is 2. The Kier molecular flexibility index (Phi) is 6.44. The molecule has 0 aromatic heterocycles. The minimum absolute atomic E-state index is 0.0803. The van der Waals surface area contributed by atoms with Crippen molar-refractivity contribution < 1.29 is 28.6 Å². The maximum Gasteiger partial charge on any atom is 0.410 e. The Hall–Kier alpha value is -3.13. The molecule has 3 rings (SSSR count). The quantitative estimate of drug-likeness (QED) is 0.821. The van der Waals surface area contributed by atoms with Gasteiger partial charge in [0.2, 0.25) is 0 Å². The Morgan fingerprint density at radius 2 is 1.96 bits per heavy atom. The lowest BCUT2D eigenvalue weighted by Gasteiger charge is -2.32. The largest absolute Gasteiger partial charge is 0.508 e. The second-order valence-electron chi connectivity index (χ2n) is 6.34. The second kappa shape index (κ2) is 9.18. The molecule has 0 saturated carbocycles. The molecule has 1 heterocycles. The van der Waals surface area contributed by atoms with E-state index in [4.69, 9.17) is 9.47 Å². The monoisotopic (exact) mass is 388 g/mol. The van der Waals surface area contributed by atoms with Crippen LogP contribution >= 0.6 is 0 Å². The molecule has 7 nitrogen and oxygen atoms in total. The molecular weight excluding hydrogens is 367 g/mol. The molecule has 8 heteroatoms. The maximum atomic E-state index is 13.6. The standard InChI is InChI=1S/C20H21FN2O5/c21-18-4-2-1-3-15(18)13-28-20(26)23-9-10-27-17(12-23)11-22-19(25)14-5-7-16(24)8-6-14/h1-8,17,24H,9-13H2,(H,22,25). The third-order valence-electron chi connectivity index (χ3n) is 4.33. The molecule has 0 bridgehead atoms. The molecule has 2 aromatic rings. The minimum atomic E-state index is -0.554. The molecule has 1 aliphatic rings. The van der Waals surface area contributed by atoms with Crippen LogP contribution in [0.15, 0.2) is 48.5 Å². The number of phenolic OH excluding ortho intramolecular Hbond substituents is 1. The third-order valence-corrected chi connectivity index (χ3v) is 4.33. The van der Waals surface area contributed by atoms with Crippen LogP contribution in [0.5, 0.6) is 5.75 Å². The topological polar surface area (TPSA) is 88.1 Å². The van der Waals surface area contributed by atoms with Crippen LogP contribution in [0.2, 0.25) is 0 Å². The van der Waals surface area contributed by atoms with Gasteiger partial charge in [0, 0.05) is 24.2 Å². The van der Waals surface area contributed by atoms with Crippen molar-refractivity contribution in [3.05, 3.63) is 65.5 Å². The SMILES string of the molecule is O=C(NCC1CN(C(=O)OCc2ccccc2F)CCO1)c1ccc(O)cc1. The average Bonchev–Trinajstić information content (AvgIpc) is 2.72. The fraction of sp³-hybridized carbons (Fsp3) is 0.300. The number of phenols is 1. The number of hydrogen-bond donors (Lipinski definition) is 2. The summed E-state index contributed by atoms with van der Waals surface area (Å²) in [5, 5.41) is 12.0. The number of carbonyl (C=O) groups excluding carboxylic acids is 2. The van der Waals surface area contributed by atoms with Crippen molar-refractivity contribution in [3.63, 3.8) is 0 Å². The highest BCUT2D eigenvalue weighted by Gasteiger charge is 2.26. The van der Waals surface area contributed by atoms with Gasteiger partial charge in [-0.2, -0.15) is 0 Å². The lowest BCUT2D eigenvalue weighted by Crippen LogP contribution is -2.49. The van der Waals surface area contributed by atoms with Crippen molar-refractivity contribution >= 4 is 12.0 Å². The van der Waals surface area contributed by atoms with E-state index in [0.29, 0.717) is 24.3 Å². The van der Waals surface area contributed by atoms with Gasteiger partial charge in [-0.05, 0) is 30.3 Å². The summed E-state index contributed by atoms with van der Waals surface area (Å²) in [7, 11) is 0. The predicted octanol–water partition coefficient (Wildman–Crippen LogP) is 2.30. The first-order valence-electron chi connectivity index (χ1n) is 8.87. The summed E-state index contributed by atoms with van der Waals surface area (Å²) in [6.07, 6.45) is -0.933. The summed E-state index contributed by atoms with van der Waals surface area (Å²) in [5.74, 6) is -0.647. The van der Waals surface area contributed by atoms with E-state index >= 15 is 0 Å². The van der Waals surface area contributed by atoms with E-state index in [0.717, 1.165) is 0 Å². The molecule has 2 aromatic carbocycles. The van der Waals surface area contributed by atoms with Gasteiger partial charge < -0.3 is 24.8 Å². The lowest BCUT2D eigenvalue weighted by atomic mass is 10.2. The Balaban J connectivity index is 1.46. The van der Waals surface area contributed by atoms with Gasteiger partial charge in [0.25, 0.3) is 5.91 Å². The first-order valence-corrected chi connectivity index (χ1v) is 8.87. The Bertz CT molecular complexity index is 828. The van der Waals surface area contributed by atoms with Crippen LogP contribution in [0.1, 0.15) is 15.9 Å². The zero-order valence-electron chi connectivity index (χ0n) is 15.1. The molecule has 28 heavy (non-hydrogen) atoms. The van der Waals surface area contributed by atoms with Gasteiger partial charge >= 0.3 is 6.09 Å². The van der Waals surface area contributed by atoms with Crippen LogP contribution in [0, 0.1) is 5.82 Å². The number of ether oxygens (including phenoxy) is 2. The highest BCUT2D eigenvalue weighted by Crippen LogP contribution is 2.12. The summed E-state index contributed by atoms with van der Waals surface area (Å²) in [5.41, 5.74) is 0.719. The van der Waals surface area contributed by atoms with Crippen molar-refractivity contribution in [1.29, 1.82) is 0 Å². The Morgan fingerprint density at radius 1 is 1.21 bits per heavy atom. The van der Waals surface area contributed by atoms with Gasteiger partial charge in [0.15, 0.2) is 0 Å². The second-order valence-corrected chi connectivity index (χ2v) is 6.34. The third kappa shape index (κ3) is 5.20. The normalized spacial score (nSPS) is 16.5. The van der Waals surface area contributed by atoms with Crippen molar-refractivity contribution in [3.8, 4) is 5.75 Å². The molecular formula is C20H21FN2O5. The van der Waals surface area contributed by atoms with Crippen molar-refractivity contribution in [2.24, 2.45) is 0 Å². The fourth-order valence-corrected chi connectivity index (χ4v) is 2.78. The predicted molar refractivity (Wildman–Crippen MR) is 98.3 cm³/mol. The number of benzene rings is 2. The molecule has 2 amide bonds. The molecule has 1 aliphatic heterocycles. The first-order chi connectivity index (χ1) is 13.5. The van der Waals surface area contributed by atoms with Crippen LogP contribution < -0.4 is 5.32 Å². The van der Waals surface area contributed by atoms with Crippen LogP contribution in [0.3, 0.4) is 0 Å². The molecule has 0 radical (unpaired) electrons. The average molecular weight is 388 g/mol. The van der Waals surface area contributed by atoms with Crippen molar-refractivity contribution in [2.45, 2.75) is 12.7 Å². The summed E-state index contributed by atoms with van der Waals surface area (Å²) in [6.45, 7) is 1.00. The smallest absolute Gasteiger partial charge is 0.410 e. The number of rotatable bonds is 5. The van der Waals surface area contributed by atoms with Gasteiger partial charge in [0.05, 0.1) is 19.3 Å². The first kappa shape index (κ1) is 19.6. The Morgan fingerprint density at radius 3 is 2.71 bits per heavy atom. The van der Waals surface area contributed by atoms with E-state index in [9.17, 15) is 19.1 Å². The van der Waals surface area contributed by atoms with Crippen LogP contribution in [-0.4, -0.2) is 54.4 Å². The van der Waals surface area contributed by atoms with E-state index in [1.807, 2.05) is 0 Å². The Labute approximate surface area is 161 Å². The highest BCUT2D eigenvalue weighted by molar-refractivity contribution is 5.94. The number of nitrogens with zero attached hydrogens (tertiary/aromatic N) is 1. The molecule has 2 N–H and O–H groups in total. The molecule has 1 saturated heterocycles. The number of aromatic hydroxyl groups is 1. The summed E-state index contributed by atoms with van der Waals surface area (Å²) < 4.78 is 24.4. The number of morpholine rings is 1. The highest BCUT2D eigenvalue weighted by atomic mass is 19.1. The van der Waals surface area contributed by atoms with E-state index in [2.05, 4.69) is 5.32 Å². The molecule has 0 aliphatic carbocycles. The summed E-state index contributed by atoms with van der Waals surface area (Å²) >= 11 is 0.